The van der Waals surface area contributed by atoms with Crippen molar-refractivity contribution in [1.82, 2.24) is 9.80 Å². The van der Waals surface area contributed by atoms with Crippen molar-refractivity contribution in [2.45, 2.75) is 31.8 Å². The van der Waals surface area contributed by atoms with Gasteiger partial charge in [0.1, 0.15) is 0 Å². The molecule has 2 saturated heterocycles. The third-order valence-corrected chi connectivity index (χ3v) is 4.40. The molecule has 0 radical (unpaired) electrons. The molecular weight excluding hydrogens is 258 g/mol. The number of amides is 2. The summed E-state index contributed by atoms with van der Waals surface area (Å²) in [4.78, 5) is 27.5. The normalized spacial score (nSPS) is 25.6. The van der Waals surface area contributed by atoms with E-state index in [0.717, 1.165) is 45.3 Å². The molecule has 2 N–H and O–H groups in total. The van der Waals surface area contributed by atoms with Crippen molar-refractivity contribution >= 4 is 11.8 Å². The van der Waals surface area contributed by atoms with Crippen LogP contribution in [-0.4, -0.2) is 67.6 Å². The number of rotatable bonds is 4. The van der Waals surface area contributed by atoms with Crippen LogP contribution < -0.4 is 5.73 Å². The summed E-state index contributed by atoms with van der Waals surface area (Å²) in [7, 11) is 1.74. The van der Waals surface area contributed by atoms with E-state index >= 15 is 0 Å². The number of carbonyl (C=O) groups is 2. The number of hydrogen-bond acceptors (Lipinski definition) is 4. The molecule has 2 aliphatic rings. The van der Waals surface area contributed by atoms with E-state index in [1.54, 1.807) is 12.0 Å². The summed E-state index contributed by atoms with van der Waals surface area (Å²) in [5, 5.41) is 0. The van der Waals surface area contributed by atoms with Crippen LogP contribution in [0.3, 0.4) is 0 Å². The van der Waals surface area contributed by atoms with Gasteiger partial charge < -0.3 is 15.4 Å². The molecule has 1 atom stereocenters. The van der Waals surface area contributed by atoms with Gasteiger partial charge in [-0.05, 0) is 25.7 Å². The van der Waals surface area contributed by atoms with Crippen molar-refractivity contribution in [3.8, 4) is 0 Å². The van der Waals surface area contributed by atoms with Crippen molar-refractivity contribution in [2.75, 3.05) is 39.8 Å². The number of nitrogens with zero attached hydrogens (tertiary/aromatic N) is 2. The summed E-state index contributed by atoms with van der Waals surface area (Å²) in [5.41, 5.74) is 5.34. The Balaban J connectivity index is 1.78. The molecule has 0 saturated carbocycles. The maximum atomic E-state index is 12.3. The highest BCUT2D eigenvalue weighted by Gasteiger charge is 2.28. The maximum absolute atomic E-state index is 12.3. The van der Waals surface area contributed by atoms with E-state index in [2.05, 4.69) is 4.90 Å². The molecule has 0 aromatic carbocycles. The Morgan fingerprint density at radius 3 is 2.50 bits per heavy atom. The Kier molecular flexibility index (Phi) is 5.37. The summed E-state index contributed by atoms with van der Waals surface area (Å²) in [6, 6.07) is 0. The van der Waals surface area contributed by atoms with Crippen molar-refractivity contribution in [2.24, 2.45) is 11.7 Å². The zero-order chi connectivity index (χ0) is 14.5. The molecule has 6 heteroatoms. The van der Waals surface area contributed by atoms with E-state index < -0.39 is 0 Å². The number of ether oxygens (including phenoxy) is 1. The first-order valence-corrected chi connectivity index (χ1v) is 7.42. The molecule has 0 bridgehead atoms. The second kappa shape index (κ2) is 7.04. The average molecular weight is 283 g/mol. The second-order valence-electron chi connectivity index (χ2n) is 5.79. The van der Waals surface area contributed by atoms with E-state index in [-0.39, 0.29) is 17.7 Å². The van der Waals surface area contributed by atoms with Crippen LogP contribution in [-0.2, 0) is 14.3 Å². The number of primary amides is 1. The molecule has 0 aliphatic carbocycles. The van der Waals surface area contributed by atoms with Crippen LogP contribution in [0.4, 0.5) is 0 Å². The molecular formula is C14H25N3O3. The molecule has 20 heavy (non-hydrogen) atoms. The number of methoxy groups -OCH3 is 1. The first kappa shape index (κ1) is 15.3. The Hall–Kier alpha value is -1.14. The SMILES string of the molecule is COC1CCN(CC(=O)N2CCCC(C(N)=O)C2)CC1. The van der Waals surface area contributed by atoms with Gasteiger partial charge in [-0.2, -0.15) is 0 Å². The first-order valence-electron chi connectivity index (χ1n) is 7.42. The number of piperidine rings is 2. The van der Waals surface area contributed by atoms with Crippen LogP contribution >= 0.6 is 0 Å². The molecule has 2 aliphatic heterocycles. The lowest BCUT2D eigenvalue weighted by molar-refractivity contribution is -0.136. The van der Waals surface area contributed by atoms with Crippen LogP contribution in [0.2, 0.25) is 0 Å². The summed E-state index contributed by atoms with van der Waals surface area (Å²) in [5.74, 6) is -0.345. The molecule has 114 valence electrons. The summed E-state index contributed by atoms with van der Waals surface area (Å²) in [6.07, 6.45) is 3.96. The third kappa shape index (κ3) is 3.93. The first-order chi connectivity index (χ1) is 9.60. The molecule has 0 aromatic rings. The molecule has 2 heterocycles. The van der Waals surface area contributed by atoms with Gasteiger partial charge in [-0.25, -0.2) is 0 Å². The predicted molar refractivity (Wildman–Crippen MR) is 75.0 cm³/mol. The lowest BCUT2D eigenvalue weighted by Gasteiger charge is -2.35. The Morgan fingerprint density at radius 1 is 1.20 bits per heavy atom. The van der Waals surface area contributed by atoms with E-state index in [9.17, 15) is 9.59 Å². The minimum atomic E-state index is -0.289. The zero-order valence-corrected chi connectivity index (χ0v) is 12.2. The van der Waals surface area contributed by atoms with Gasteiger partial charge in [0.2, 0.25) is 11.8 Å². The molecule has 0 spiro atoms. The minimum absolute atomic E-state index is 0.117. The number of nitrogens with two attached hydrogens (primary N) is 1. The monoisotopic (exact) mass is 283 g/mol. The second-order valence-corrected chi connectivity index (χ2v) is 5.79. The van der Waals surface area contributed by atoms with Gasteiger partial charge in [0.25, 0.3) is 0 Å². The van der Waals surface area contributed by atoms with Crippen molar-refractivity contribution < 1.29 is 14.3 Å². The Morgan fingerprint density at radius 2 is 1.90 bits per heavy atom. The van der Waals surface area contributed by atoms with Gasteiger partial charge >= 0.3 is 0 Å². The van der Waals surface area contributed by atoms with E-state index in [0.29, 0.717) is 19.2 Å². The highest BCUT2D eigenvalue weighted by molar-refractivity contribution is 5.81. The lowest BCUT2D eigenvalue weighted by Crippen LogP contribution is -2.49. The highest BCUT2D eigenvalue weighted by Crippen LogP contribution is 2.17. The fourth-order valence-corrected chi connectivity index (χ4v) is 3.03. The summed E-state index contributed by atoms with van der Waals surface area (Å²) < 4.78 is 5.33. The highest BCUT2D eigenvalue weighted by atomic mass is 16.5. The standard InChI is InChI=1S/C14H25N3O3/c1-20-12-4-7-16(8-5-12)10-13(18)17-6-2-3-11(9-17)14(15)19/h11-12H,2-10H2,1H3,(H2,15,19). The van der Waals surface area contributed by atoms with Gasteiger partial charge in [0.15, 0.2) is 0 Å². The van der Waals surface area contributed by atoms with Gasteiger partial charge in [-0.1, -0.05) is 0 Å². The number of hydrogen-bond donors (Lipinski definition) is 1. The van der Waals surface area contributed by atoms with Crippen molar-refractivity contribution in [3.63, 3.8) is 0 Å². The fraction of sp³-hybridized carbons (Fsp3) is 0.857. The molecule has 2 rings (SSSR count). The predicted octanol–water partition coefficient (Wildman–Crippen LogP) is -0.179. The van der Waals surface area contributed by atoms with Crippen LogP contribution in [0.1, 0.15) is 25.7 Å². The van der Waals surface area contributed by atoms with Gasteiger partial charge in [-0.15, -0.1) is 0 Å². The van der Waals surface area contributed by atoms with Crippen LogP contribution in [0.5, 0.6) is 0 Å². The minimum Gasteiger partial charge on any atom is -0.381 e. The van der Waals surface area contributed by atoms with Crippen LogP contribution in [0, 0.1) is 5.92 Å². The third-order valence-electron chi connectivity index (χ3n) is 4.40. The van der Waals surface area contributed by atoms with Crippen molar-refractivity contribution in [3.05, 3.63) is 0 Å². The fourth-order valence-electron chi connectivity index (χ4n) is 3.03. The molecule has 2 amide bonds. The van der Waals surface area contributed by atoms with Crippen LogP contribution in [0.25, 0.3) is 0 Å². The summed E-state index contributed by atoms with van der Waals surface area (Å²) in [6.45, 7) is 3.48. The molecule has 1 unspecified atom stereocenters. The Bertz CT molecular complexity index is 354. The largest absolute Gasteiger partial charge is 0.381 e. The topological polar surface area (TPSA) is 75.9 Å². The summed E-state index contributed by atoms with van der Waals surface area (Å²) >= 11 is 0. The van der Waals surface area contributed by atoms with E-state index in [1.807, 2.05) is 0 Å². The van der Waals surface area contributed by atoms with Crippen molar-refractivity contribution in [1.29, 1.82) is 0 Å². The van der Waals surface area contributed by atoms with E-state index in [4.69, 9.17) is 10.5 Å². The molecule has 2 fully saturated rings. The quantitative estimate of drug-likeness (QED) is 0.776. The number of carbonyl (C=O) groups excluding carboxylic acids is 2. The van der Waals surface area contributed by atoms with Gasteiger partial charge in [-0.3, -0.25) is 14.5 Å². The lowest BCUT2D eigenvalue weighted by atomic mass is 9.97. The average Bonchev–Trinajstić information content (AvgIpc) is 2.48. The maximum Gasteiger partial charge on any atom is 0.236 e. The smallest absolute Gasteiger partial charge is 0.236 e. The molecule has 6 nitrogen and oxygen atoms in total. The van der Waals surface area contributed by atoms with Crippen LogP contribution in [0.15, 0.2) is 0 Å². The van der Waals surface area contributed by atoms with E-state index in [1.165, 1.54) is 0 Å². The molecule has 0 aromatic heterocycles. The number of likely N-dealkylation sites (tertiary alicyclic amines) is 2. The zero-order valence-electron chi connectivity index (χ0n) is 12.2. The Labute approximate surface area is 120 Å². The van der Waals surface area contributed by atoms with Gasteiger partial charge in [0.05, 0.1) is 18.6 Å². The van der Waals surface area contributed by atoms with Gasteiger partial charge in [0, 0.05) is 33.3 Å².